The fraction of sp³-hybridized carbons (Fsp3) is 0.444. The van der Waals surface area contributed by atoms with Crippen LogP contribution in [0.5, 0.6) is 0 Å². The maximum absolute atomic E-state index is 13.7. The zero-order valence-electron chi connectivity index (χ0n) is 20.1. The summed E-state index contributed by atoms with van der Waals surface area (Å²) in [5.41, 5.74) is 4.50. The molecule has 33 heavy (non-hydrogen) atoms. The second kappa shape index (κ2) is 10.2. The van der Waals surface area contributed by atoms with Crippen molar-refractivity contribution in [2.45, 2.75) is 59.5 Å². The minimum Gasteiger partial charge on any atom is -0.371 e. The molecule has 0 aliphatic carbocycles. The predicted octanol–water partition coefficient (Wildman–Crippen LogP) is 5.40. The summed E-state index contributed by atoms with van der Waals surface area (Å²) in [6.45, 7) is 10.4. The van der Waals surface area contributed by atoms with Gasteiger partial charge >= 0.3 is 0 Å². The van der Waals surface area contributed by atoms with E-state index in [2.05, 4.69) is 60.1 Å². The van der Waals surface area contributed by atoms with E-state index in [-0.39, 0.29) is 17.9 Å². The molecule has 6 nitrogen and oxygen atoms in total. The van der Waals surface area contributed by atoms with E-state index in [9.17, 15) is 4.79 Å². The Morgan fingerprint density at radius 1 is 1.18 bits per heavy atom. The molecule has 1 aromatic heterocycles. The maximum atomic E-state index is 13.7. The van der Waals surface area contributed by atoms with Crippen molar-refractivity contribution in [3.8, 4) is 11.4 Å². The lowest BCUT2D eigenvalue weighted by molar-refractivity contribution is -0.139. The highest BCUT2D eigenvalue weighted by Gasteiger charge is 2.32. The number of aryl methyl sites for hydroxylation is 2. The highest BCUT2D eigenvalue weighted by molar-refractivity contribution is 5.80. The second-order valence-electron chi connectivity index (χ2n) is 9.23. The van der Waals surface area contributed by atoms with Gasteiger partial charge in [0.1, 0.15) is 6.54 Å². The third-order valence-corrected chi connectivity index (χ3v) is 6.63. The molecule has 174 valence electrons. The maximum Gasteiger partial charge on any atom is 0.246 e. The molecule has 1 amide bonds. The Morgan fingerprint density at radius 2 is 1.97 bits per heavy atom. The van der Waals surface area contributed by atoms with Crippen LogP contribution in [-0.2, 0) is 11.3 Å². The van der Waals surface area contributed by atoms with E-state index >= 15 is 0 Å². The Hall–Kier alpha value is -3.15. The van der Waals surface area contributed by atoms with E-state index in [4.69, 9.17) is 4.52 Å². The number of carbonyl (C=O) groups is 1. The van der Waals surface area contributed by atoms with Crippen molar-refractivity contribution in [3.63, 3.8) is 0 Å². The topological polar surface area (TPSA) is 62.5 Å². The number of benzene rings is 2. The van der Waals surface area contributed by atoms with Crippen molar-refractivity contribution in [2.75, 3.05) is 18.0 Å². The molecule has 0 radical (unpaired) electrons. The van der Waals surface area contributed by atoms with Crippen LogP contribution in [-0.4, -0.2) is 40.1 Å². The number of amides is 1. The first-order valence-corrected chi connectivity index (χ1v) is 12.0. The van der Waals surface area contributed by atoms with Gasteiger partial charge in [-0.2, -0.15) is 4.98 Å². The number of anilines is 1. The van der Waals surface area contributed by atoms with Crippen molar-refractivity contribution >= 4 is 11.6 Å². The fourth-order valence-electron chi connectivity index (χ4n) is 4.44. The Kier molecular flexibility index (Phi) is 7.11. The van der Waals surface area contributed by atoms with E-state index in [1.54, 1.807) is 0 Å². The van der Waals surface area contributed by atoms with Crippen molar-refractivity contribution in [3.05, 3.63) is 65.5 Å². The Bertz CT molecular complexity index is 1080. The quantitative estimate of drug-likeness (QED) is 0.486. The molecule has 0 saturated carbocycles. The van der Waals surface area contributed by atoms with Gasteiger partial charge in [-0.15, -0.1) is 0 Å². The summed E-state index contributed by atoms with van der Waals surface area (Å²) >= 11 is 0. The SMILES string of the molecule is CC[C@H](C)N(Cc1nc(-c2cccc(C)c2)no1)C(=O)[C@@H]1CCCN(c2ccc(C)cc2)C1. The molecule has 1 aliphatic heterocycles. The number of carbonyl (C=O) groups excluding carboxylic acids is 1. The van der Waals surface area contributed by atoms with Crippen LogP contribution >= 0.6 is 0 Å². The van der Waals surface area contributed by atoms with Crippen LogP contribution in [0.2, 0.25) is 0 Å². The molecular formula is C27H34N4O2. The zero-order valence-corrected chi connectivity index (χ0v) is 20.1. The lowest BCUT2D eigenvalue weighted by Crippen LogP contribution is -2.47. The molecule has 2 heterocycles. The molecule has 2 aromatic carbocycles. The lowest BCUT2D eigenvalue weighted by Gasteiger charge is -2.37. The van der Waals surface area contributed by atoms with Gasteiger partial charge in [-0.3, -0.25) is 4.79 Å². The van der Waals surface area contributed by atoms with Gasteiger partial charge in [0.05, 0.1) is 5.92 Å². The van der Waals surface area contributed by atoms with Gasteiger partial charge in [-0.25, -0.2) is 0 Å². The molecule has 0 N–H and O–H groups in total. The Labute approximate surface area is 196 Å². The van der Waals surface area contributed by atoms with E-state index in [1.807, 2.05) is 36.1 Å². The smallest absolute Gasteiger partial charge is 0.246 e. The molecule has 0 unspecified atom stereocenters. The summed E-state index contributed by atoms with van der Waals surface area (Å²) in [6.07, 6.45) is 2.79. The first kappa shape index (κ1) is 23.0. The minimum absolute atomic E-state index is 0.0341. The summed E-state index contributed by atoms with van der Waals surface area (Å²) in [4.78, 5) is 22.5. The lowest BCUT2D eigenvalue weighted by atomic mass is 9.95. The van der Waals surface area contributed by atoms with Crippen LogP contribution in [0.1, 0.15) is 50.1 Å². The van der Waals surface area contributed by atoms with E-state index in [0.29, 0.717) is 18.3 Å². The number of rotatable bonds is 7. The molecule has 6 heteroatoms. The van der Waals surface area contributed by atoms with Crippen LogP contribution < -0.4 is 4.90 Å². The van der Waals surface area contributed by atoms with Gasteiger partial charge in [-0.05, 0) is 58.2 Å². The summed E-state index contributed by atoms with van der Waals surface area (Å²) < 4.78 is 5.56. The van der Waals surface area contributed by atoms with Gasteiger partial charge in [0.15, 0.2) is 0 Å². The molecule has 0 spiro atoms. The van der Waals surface area contributed by atoms with Gasteiger partial charge < -0.3 is 14.3 Å². The largest absolute Gasteiger partial charge is 0.371 e. The van der Waals surface area contributed by atoms with E-state index in [0.717, 1.165) is 43.5 Å². The van der Waals surface area contributed by atoms with Crippen LogP contribution in [0.25, 0.3) is 11.4 Å². The highest BCUT2D eigenvalue weighted by Crippen LogP contribution is 2.27. The van der Waals surface area contributed by atoms with E-state index in [1.165, 1.54) is 11.3 Å². The predicted molar refractivity (Wildman–Crippen MR) is 131 cm³/mol. The fourth-order valence-corrected chi connectivity index (χ4v) is 4.44. The Balaban J connectivity index is 1.49. The molecule has 2 atom stereocenters. The van der Waals surface area contributed by atoms with Crippen molar-refractivity contribution in [1.29, 1.82) is 0 Å². The summed E-state index contributed by atoms with van der Waals surface area (Å²) in [7, 11) is 0. The van der Waals surface area contributed by atoms with Crippen LogP contribution in [0.3, 0.4) is 0 Å². The van der Waals surface area contributed by atoms with Gasteiger partial charge in [0, 0.05) is 30.4 Å². The van der Waals surface area contributed by atoms with Crippen LogP contribution in [0.15, 0.2) is 53.1 Å². The van der Waals surface area contributed by atoms with Gasteiger partial charge in [0.2, 0.25) is 17.6 Å². The standard InChI is InChI=1S/C27H34N4O2/c1-5-21(4)31(18-25-28-26(29-33-25)22-9-6-8-20(3)16-22)27(32)23-10-7-15-30(17-23)24-13-11-19(2)12-14-24/h6,8-9,11-14,16,21,23H,5,7,10,15,17-18H2,1-4H3/t21-,23+/m0/s1. The summed E-state index contributed by atoms with van der Waals surface area (Å²) in [5, 5.41) is 4.16. The minimum atomic E-state index is -0.0341. The van der Waals surface area contributed by atoms with E-state index < -0.39 is 0 Å². The molecule has 1 saturated heterocycles. The van der Waals surface area contributed by atoms with Crippen LogP contribution in [0.4, 0.5) is 5.69 Å². The first-order chi connectivity index (χ1) is 15.9. The highest BCUT2D eigenvalue weighted by atomic mass is 16.5. The first-order valence-electron chi connectivity index (χ1n) is 12.0. The molecule has 3 aromatic rings. The summed E-state index contributed by atoms with van der Waals surface area (Å²) in [6, 6.07) is 16.7. The molecule has 0 bridgehead atoms. The average Bonchev–Trinajstić information content (AvgIpc) is 3.31. The number of aromatic nitrogens is 2. The number of piperidine rings is 1. The van der Waals surface area contributed by atoms with Crippen LogP contribution in [0, 0.1) is 19.8 Å². The summed E-state index contributed by atoms with van der Waals surface area (Å²) in [5.74, 6) is 1.18. The van der Waals surface area contributed by atoms with Crippen molar-refractivity contribution in [1.82, 2.24) is 15.0 Å². The van der Waals surface area contributed by atoms with Crippen molar-refractivity contribution < 1.29 is 9.32 Å². The average molecular weight is 447 g/mol. The number of nitrogens with zero attached hydrogens (tertiary/aromatic N) is 4. The van der Waals surface area contributed by atoms with Crippen molar-refractivity contribution in [2.24, 2.45) is 5.92 Å². The third kappa shape index (κ3) is 5.44. The molecular weight excluding hydrogens is 412 g/mol. The molecule has 1 aliphatic rings. The zero-order chi connectivity index (χ0) is 23.4. The molecule has 1 fully saturated rings. The van der Waals surface area contributed by atoms with Gasteiger partial charge in [-0.1, -0.05) is 53.5 Å². The molecule has 4 rings (SSSR count). The third-order valence-electron chi connectivity index (χ3n) is 6.63. The normalized spacial score (nSPS) is 17.1. The van der Waals surface area contributed by atoms with Gasteiger partial charge in [0.25, 0.3) is 0 Å². The number of hydrogen-bond acceptors (Lipinski definition) is 5. The Morgan fingerprint density at radius 3 is 2.70 bits per heavy atom. The number of hydrogen-bond donors (Lipinski definition) is 0. The monoisotopic (exact) mass is 446 g/mol. The second-order valence-corrected chi connectivity index (χ2v) is 9.23.